The molecule has 0 radical (unpaired) electrons. The van der Waals surface area contributed by atoms with Crippen molar-refractivity contribution in [2.75, 3.05) is 11.1 Å². The predicted octanol–water partition coefficient (Wildman–Crippen LogP) is 5.72. The van der Waals surface area contributed by atoms with Crippen LogP contribution in [0.2, 0.25) is 0 Å². The lowest BCUT2D eigenvalue weighted by Crippen LogP contribution is -2.27. The normalized spacial score (nSPS) is 12.1. The van der Waals surface area contributed by atoms with Gasteiger partial charge in [-0.3, -0.25) is 14.2 Å². The van der Waals surface area contributed by atoms with Crippen LogP contribution in [0.15, 0.2) is 64.5 Å². The second-order valence-electron chi connectivity index (χ2n) is 7.77. The number of amides is 1. The molecule has 32 heavy (non-hydrogen) atoms. The number of hydrogen-bond acceptors (Lipinski definition) is 5. The van der Waals surface area contributed by atoms with Gasteiger partial charge < -0.3 is 5.32 Å². The molecule has 0 saturated heterocycles. The average molecular weight is 464 g/mol. The highest BCUT2D eigenvalue weighted by Gasteiger charge is 2.21. The molecule has 0 saturated carbocycles. The Morgan fingerprint density at radius 2 is 1.78 bits per heavy atom. The third-order valence-corrected chi connectivity index (χ3v) is 7.68. The van der Waals surface area contributed by atoms with E-state index in [-0.39, 0.29) is 23.3 Å². The predicted molar refractivity (Wildman–Crippen MR) is 134 cm³/mol. The number of fused-ring (bicyclic) bond motifs is 1. The van der Waals surface area contributed by atoms with E-state index in [2.05, 4.69) is 5.32 Å². The summed E-state index contributed by atoms with van der Waals surface area (Å²) in [7, 11) is 0. The molecule has 1 amide bonds. The summed E-state index contributed by atoms with van der Waals surface area (Å²) in [6.07, 6.45) is 0. The third kappa shape index (κ3) is 4.36. The highest BCUT2D eigenvalue weighted by molar-refractivity contribution is 7.99. The van der Waals surface area contributed by atoms with Crippen molar-refractivity contribution in [1.29, 1.82) is 0 Å². The van der Waals surface area contributed by atoms with E-state index in [0.717, 1.165) is 32.1 Å². The van der Waals surface area contributed by atoms with E-state index in [1.807, 2.05) is 82.3 Å². The molecule has 0 aliphatic rings. The van der Waals surface area contributed by atoms with E-state index in [9.17, 15) is 9.59 Å². The summed E-state index contributed by atoms with van der Waals surface area (Å²) in [5, 5.41) is 4.18. The Morgan fingerprint density at radius 1 is 1.09 bits per heavy atom. The molecule has 2 aromatic carbocycles. The second-order valence-corrected chi connectivity index (χ2v) is 9.92. The molecule has 7 heteroatoms. The van der Waals surface area contributed by atoms with E-state index >= 15 is 0 Å². The molecule has 2 heterocycles. The lowest BCUT2D eigenvalue weighted by atomic mass is 10.1. The van der Waals surface area contributed by atoms with Gasteiger partial charge >= 0.3 is 0 Å². The van der Waals surface area contributed by atoms with Gasteiger partial charge in [-0.2, -0.15) is 0 Å². The number of anilines is 1. The number of para-hydroxylation sites is 1. The van der Waals surface area contributed by atoms with Crippen LogP contribution in [0.25, 0.3) is 10.2 Å². The van der Waals surface area contributed by atoms with Crippen molar-refractivity contribution in [2.24, 2.45) is 0 Å². The number of aromatic nitrogens is 2. The summed E-state index contributed by atoms with van der Waals surface area (Å²) in [4.78, 5) is 32.9. The van der Waals surface area contributed by atoms with Crippen molar-refractivity contribution in [3.63, 3.8) is 0 Å². The summed E-state index contributed by atoms with van der Waals surface area (Å²) < 4.78 is 1.72. The van der Waals surface area contributed by atoms with Crippen molar-refractivity contribution < 1.29 is 4.79 Å². The Labute approximate surface area is 195 Å². The van der Waals surface area contributed by atoms with Crippen LogP contribution in [0.4, 0.5) is 5.69 Å². The van der Waals surface area contributed by atoms with Crippen molar-refractivity contribution in [1.82, 2.24) is 9.55 Å². The minimum absolute atomic E-state index is 0.0602. The monoisotopic (exact) mass is 463 g/mol. The highest BCUT2D eigenvalue weighted by Crippen LogP contribution is 2.31. The number of carbonyl (C=O) groups is 1. The summed E-state index contributed by atoms with van der Waals surface area (Å²) in [6, 6.07) is 17.4. The van der Waals surface area contributed by atoms with Gasteiger partial charge in [0.2, 0.25) is 5.91 Å². The van der Waals surface area contributed by atoms with Crippen LogP contribution in [0, 0.1) is 20.8 Å². The average Bonchev–Trinajstić information content (AvgIpc) is 3.07. The molecule has 1 atom stereocenters. The van der Waals surface area contributed by atoms with Crippen molar-refractivity contribution in [3.8, 4) is 0 Å². The third-order valence-electron chi connectivity index (χ3n) is 5.62. The second kappa shape index (κ2) is 9.30. The van der Waals surface area contributed by atoms with Gasteiger partial charge in [0, 0.05) is 10.6 Å². The van der Waals surface area contributed by atoms with Crippen molar-refractivity contribution >= 4 is 44.9 Å². The van der Waals surface area contributed by atoms with Gasteiger partial charge in [0.1, 0.15) is 4.83 Å². The number of nitrogens with zero attached hydrogens (tertiary/aromatic N) is 2. The maximum Gasteiger partial charge on any atom is 0.263 e. The maximum absolute atomic E-state index is 13.6. The molecule has 4 aromatic rings. The zero-order chi connectivity index (χ0) is 22.8. The molecule has 2 aromatic heterocycles. The van der Waals surface area contributed by atoms with Gasteiger partial charge in [0.05, 0.1) is 17.2 Å². The van der Waals surface area contributed by atoms with Crippen LogP contribution in [0.5, 0.6) is 0 Å². The first-order valence-electron chi connectivity index (χ1n) is 10.4. The standard InChI is InChI=1S/C25H25N3O2S2/c1-15-10-8-9-13-20(15)26-21(29)14-31-25-27-23-22(16(2)18(4)32-23)24(30)28(25)17(3)19-11-6-5-7-12-19/h5-13,17H,14H2,1-4H3,(H,26,29). The number of benzene rings is 2. The molecule has 164 valence electrons. The lowest BCUT2D eigenvalue weighted by Gasteiger charge is -2.19. The maximum atomic E-state index is 13.6. The molecule has 5 nitrogen and oxygen atoms in total. The minimum Gasteiger partial charge on any atom is -0.325 e. The molecule has 0 aliphatic carbocycles. The molecular formula is C25H25N3O2S2. The van der Waals surface area contributed by atoms with Gasteiger partial charge in [-0.1, -0.05) is 60.3 Å². The van der Waals surface area contributed by atoms with Crippen molar-refractivity contribution in [2.45, 2.75) is 38.9 Å². The Bertz CT molecular complexity index is 1340. The van der Waals surface area contributed by atoms with E-state index in [1.165, 1.54) is 23.1 Å². The van der Waals surface area contributed by atoms with Crippen LogP contribution >= 0.6 is 23.1 Å². The zero-order valence-electron chi connectivity index (χ0n) is 18.5. The Kier molecular flexibility index (Phi) is 6.48. The fourth-order valence-corrected chi connectivity index (χ4v) is 5.59. The number of thiophene rings is 1. The Hall–Kier alpha value is -2.90. The van der Waals surface area contributed by atoms with Crippen LogP contribution < -0.4 is 10.9 Å². The molecule has 0 fully saturated rings. The first-order chi connectivity index (χ1) is 15.4. The highest BCUT2D eigenvalue weighted by atomic mass is 32.2. The quantitative estimate of drug-likeness (QED) is 0.293. The van der Waals surface area contributed by atoms with E-state index in [4.69, 9.17) is 4.98 Å². The number of carbonyl (C=O) groups excluding carboxylic acids is 1. The fraction of sp³-hybridized carbons (Fsp3) is 0.240. The topological polar surface area (TPSA) is 64.0 Å². The molecule has 0 aliphatic heterocycles. The Balaban J connectivity index is 1.70. The summed E-state index contributed by atoms with van der Waals surface area (Å²) in [5.74, 6) is 0.0352. The van der Waals surface area contributed by atoms with Crippen molar-refractivity contribution in [3.05, 3.63) is 86.5 Å². The number of hydrogen-bond donors (Lipinski definition) is 1. The first kappa shape index (κ1) is 22.3. The van der Waals surface area contributed by atoms with Gasteiger partial charge in [-0.05, 0) is 50.5 Å². The summed E-state index contributed by atoms with van der Waals surface area (Å²) >= 11 is 2.82. The molecule has 1 unspecified atom stereocenters. The molecular weight excluding hydrogens is 438 g/mol. The summed E-state index contributed by atoms with van der Waals surface area (Å²) in [6.45, 7) is 7.93. The molecule has 0 bridgehead atoms. The first-order valence-corrected chi connectivity index (χ1v) is 12.2. The fourth-order valence-electron chi connectivity index (χ4n) is 3.64. The number of aryl methyl sites for hydroxylation is 3. The van der Waals surface area contributed by atoms with Gasteiger partial charge in [-0.25, -0.2) is 4.98 Å². The molecule has 0 spiro atoms. The molecule has 1 N–H and O–H groups in total. The van der Waals surface area contributed by atoms with Gasteiger partial charge in [-0.15, -0.1) is 11.3 Å². The van der Waals surface area contributed by atoms with Crippen LogP contribution in [0.3, 0.4) is 0 Å². The van der Waals surface area contributed by atoms with Gasteiger partial charge in [0.25, 0.3) is 5.56 Å². The largest absolute Gasteiger partial charge is 0.325 e. The zero-order valence-corrected chi connectivity index (χ0v) is 20.1. The number of thioether (sulfide) groups is 1. The lowest BCUT2D eigenvalue weighted by molar-refractivity contribution is -0.113. The number of rotatable bonds is 6. The minimum atomic E-state index is -0.206. The van der Waals surface area contributed by atoms with E-state index in [0.29, 0.717) is 10.5 Å². The number of nitrogens with one attached hydrogen (secondary N) is 1. The smallest absolute Gasteiger partial charge is 0.263 e. The molecule has 4 rings (SSSR count). The van der Waals surface area contributed by atoms with Crippen LogP contribution in [-0.4, -0.2) is 21.2 Å². The van der Waals surface area contributed by atoms with Gasteiger partial charge in [0.15, 0.2) is 5.16 Å². The van der Waals surface area contributed by atoms with E-state index in [1.54, 1.807) is 4.57 Å². The Morgan fingerprint density at radius 3 is 2.50 bits per heavy atom. The van der Waals surface area contributed by atoms with Crippen LogP contribution in [-0.2, 0) is 4.79 Å². The summed E-state index contributed by atoms with van der Waals surface area (Å²) in [5.41, 5.74) is 3.73. The van der Waals surface area contributed by atoms with Crippen LogP contribution in [0.1, 0.15) is 34.5 Å². The van der Waals surface area contributed by atoms with E-state index < -0.39 is 0 Å². The SMILES string of the molecule is Cc1ccccc1NC(=O)CSc1nc2sc(C)c(C)c2c(=O)n1C(C)c1ccccc1.